The number of hydrogen-bond donors (Lipinski definition) is 3. The summed E-state index contributed by atoms with van der Waals surface area (Å²) >= 11 is 6.16. The Bertz CT molecular complexity index is 836. The highest BCUT2D eigenvalue weighted by atomic mass is 35.5. The molecular formula is C21H29ClN3O4+. The lowest BCUT2D eigenvalue weighted by atomic mass is 9.92. The van der Waals surface area contributed by atoms with Crippen molar-refractivity contribution < 1.29 is 24.2 Å². The predicted octanol–water partition coefficient (Wildman–Crippen LogP) is 1.21. The molecule has 3 unspecified atom stereocenters. The lowest BCUT2D eigenvalue weighted by molar-refractivity contribution is -0.870. The van der Waals surface area contributed by atoms with Crippen LogP contribution in [0.3, 0.4) is 0 Å². The Kier molecular flexibility index (Phi) is 4.98. The molecule has 0 aromatic heterocycles. The average Bonchev–Trinajstić information content (AvgIpc) is 3.21. The van der Waals surface area contributed by atoms with Crippen LogP contribution in [0.5, 0.6) is 0 Å². The molecule has 1 aromatic carbocycles. The second-order valence-corrected chi connectivity index (χ2v) is 9.35. The van der Waals surface area contributed by atoms with Crippen molar-refractivity contribution in [3.05, 3.63) is 34.3 Å². The first-order chi connectivity index (χ1) is 13.9. The number of likely N-dealkylation sites (tertiary alicyclic amines) is 1. The predicted molar refractivity (Wildman–Crippen MR) is 109 cm³/mol. The molecule has 0 saturated carbocycles. The molecule has 29 heavy (non-hydrogen) atoms. The van der Waals surface area contributed by atoms with Gasteiger partial charge in [0, 0.05) is 17.5 Å². The third-order valence-corrected chi connectivity index (χ3v) is 7.47. The standard InChI is InChI=1S/C21H29ClN3O4/c1-11-14-5-7-25(2,20(14)24-10-23-11)21-17(27)16(26)19(29-21)18-15-4-3-13(22)9-12(15)6-8-28-18/h3-4,9,11,14,16-19,21,23,26-27H,5-8,10H2,1-2H3/q+1/t11?,14?,16-,17+,18-,19-,21+,25?/m0/s1. The lowest BCUT2D eigenvalue weighted by Gasteiger charge is -2.38. The van der Waals surface area contributed by atoms with Crippen LogP contribution in [0.1, 0.15) is 30.6 Å². The van der Waals surface area contributed by atoms with Crippen LogP contribution in [0.4, 0.5) is 0 Å². The molecule has 158 valence electrons. The molecule has 8 heteroatoms. The zero-order valence-corrected chi connectivity index (χ0v) is 17.5. The van der Waals surface area contributed by atoms with Crippen molar-refractivity contribution in [2.45, 2.75) is 56.5 Å². The molecule has 0 bridgehead atoms. The number of ether oxygens (including phenoxy) is 2. The largest absolute Gasteiger partial charge is 0.387 e. The van der Waals surface area contributed by atoms with Gasteiger partial charge in [-0.25, -0.2) is 4.99 Å². The molecule has 3 N–H and O–H groups in total. The number of benzene rings is 1. The van der Waals surface area contributed by atoms with Gasteiger partial charge in [0.15, 0.2) is 6.10 Å². The summed E-state index contributed by atoms with van der Waals surface area (Å²) in [6.45, 7) is 4.12. The van der Waals surface area contributed by atoms with Crippen LogP contribution in [0.25, 0.3) is 0 Å². The van der Waals surface area contributed by atoms with Gasteiger partial charge in [-0.1, -0.05) is 17.7 Å². The minimum absolute atomic E-state index is 0.328. The van der Waals surface area contributed by atoms with Crippen molar-refractivity contribution in [3.8, 4) is 0 Å². The number of aliphatic imine (C=N–C) groups is 1. The number of amidine groups is 1. The van der Waals surface area contributed by atoms with Crippen LogP contribution in [-0.4, -0.2) is 78.0 Å². The number of hydrogen-bond acceptors (Lipinski definition) is 6. The highest BCUT2D eigenvalue weighted by Crippen LogP contribution is 2.43. The van der Waals surface area contributed by atoms with Gasteiger partial charge in [-0.3, -0.25) is 9.80 Å². The zero-order valence-electron chi connectivity index (χ0n) is 16.8. The number of aliphatic hydroxyl groups is 2. The molecule has 7 nitrogen and oxygen atoms in total. The van der Waals surface area contributed by atoms with E-state index in [2.05, 4.69) is 19.3 Å². The van der Waals surface area contributed by atoms with Gasteiger partial charge in [-0.05, 0) is 36.6 Å². The van der Waals surface area contributed by atoms with Crippen molar-refractivity contribution in [1.29, 1.82) is 0 Å². The van der Waals surface area contributed by atoms with Crippen molar-refractivity contribution in [2.75, 3.05) is 26.9 Å². The fourth-order valence-electron chi connectivity index (χ4n) is 5.59. The normalized spacial score (nSPS) is 44.3. The quantitative estimate of drug-likeness (QED) is 0.624. The van der Waals surface area contributed by atoms with Crippen LogP contribution in [0.15, 0.2) is 23.2 Å². The van der Waals surface area contributed by atoms with E-state index in [1.807, 2.05) is 18.2 Å². The summed E-state index contributed by atoms with van der Waals surface area (Å²) in [5.74, 6) is 1.39. The van der Waals surface area contributed by atoms with Gasteiger partial charge < -0.3 is 19.7 Å². The molecule has 4 heterocycles. The highest BCUT2D eigenvalue weighted by molar-refractivity contribution is 6.30. The Labute approximate surface area is 175 Å². The average molecular weight is 423 g/mol. The molecule has 0 amide bonds. The maximum absolute atomic E-state index is 11.0. The zero-order chi connectivity index (χ0) is 20.3. The Morgan fingerprint density at radius 2 is 2.10 bits per heavy atom. The monoisotopic (exact) mass is 422 g/mol. The number of nitrogens with zero attached hydrogens (tertiary/aromatic N) is 2. The van der Waals surface area contributed by atoms with Crippen LogP contribution in [0.2, 0.25) is 5.02 Å². The second kappa shape index (κ2) is 7.27. The molecule has 5 rings (SSSR count). The Morgan fingerprint density at radius 3 is 2.93 bits per heavy atom. The van der Waals surface area contributed by atoms with Crippen LogP contribution in [-0.2, 0) is 15.9 Å². The van der Waals surface area contributed by atoms with Crippen LogP contribution < -0.4 is 5.32 Å². The second-order valence-electron chi connectivity index (χ2n) is 8.91. The summed E-state index contributed by atoms with van der Waals surface area (Å²) in [5, 5.41) is 26.0. The molecule has 0 radical (unpaired) electrons. The number of fused-ring (bicyclic) bond motifs is 2. The number of quaternary nitrogens is 1. The molecule has 2 fully saturated rings. The van der Waals surface area contributed by atoms with Gasteiger partial charge in [0.05, 0.1) is 32.8 Å². The molecule has 4 aliphatic heterocycles. The smallest absolute Gasteiger partial charge is 0.228 e. The minimum atomic E-state index is -1.03. The molecule has 8 atom stereocenters. The first-order valence-corrected chi connectivity index (χ1v) is 10.8. The van der Waals surface area contributed by atoms with Gasteiger partial charge in [-0.2, -0.15) is 0 Å². The summed E-state index contributed by atoms with van der Waals surface area (Å²) < 4.78 is 12.8. The molecular weight excluding hydrogens is 394 g/mol. The highest BCUT2D eigenvalue weighted by Gasteiger charge is 2.60. The number of nitrogens with one attached hydrogen (secondary N) is 1. The molecule has 2 saturated heterocycles. The lowest BCUT2D eigenvalue weighted by Crippen LogP contribution is -2.60. The summed E-state index contributed by atoms with van der Waals surface area (Å²) in [6, 6.07) is 6.07. The van der Waals surface area contributed by atoms with E-state index in [1.54, 1.807) is 0 Å². The first-order valence-electron chi connectivity index (χ1n) is 10.4. The summed E-state index contributed by atoms with van der Waals surface area (Å²) in [6.07, 6.45) is -1.90. The van der Waals surface area contributed by atoms with E-state index in [4.69, 9.17) is 26.1 Å². The maximum atomic E-state index is 11.0. The van der Waals surface area contributed by atoms with E-state index < -0.39 is 30.6 Å². The fourth-order valence-corrected chi connectivity index (χ4v) is 5.78. The van der Waals surface area contributed by atoms with Gasteiger partial charge in [0.2, 0.25) is 12.1 Å². The van der Waals surface area contributed by atoms with Gasteiger partial charge >= 0.3 is 0 Å². The Morgan fingerprint density at radius 1 is 1.28 bits per heavy atom. The van der Waals surface area contributed by atoms with Crippen molar-refractivity contribution >= 4 is 17.4 Å². The van der Waals surface area contributed by atoms with Gasteiger partial charge in [-0.15, -0.1) is 0 Å². The molecule has 4 aliphatic rings. The number of rotatable bonds is 2. The third kappa shape index (κ3) is 3.07. The molecule has 0 spiro atoms. The SMILES string of the molecule is CC1NCN=C2C1CC[N+]2(C)[C@@H]1O[C@H]([C@H]2OCCc3cc(Cl)ccc32)[C@@H](O)[C@H]1O. The first kappa shape index (κ1) is 19.9. The third-order valence-electron chi connectivity index (χ3n) is 7.23. The van der Waals surface area contributed by atoms with E-state index >= 15 is 0 Å². The van der Waals surface area contributed by atoms with E-state index in [0.717, 1.165) is 36.3 Å². The molecule has 0 aliphatic carbocycles. The van der Waals surface area contributed by atoms with Crippen molar-refractivity contribution in [1.82, 2.24) is 5.32 Å². The summed E-state index contributed by atoms with van der Waals surface area (Å²) in [5.41, 5.74) is 2.09. The maximum Gasteiger partial charge on any atom is 0.228 e. The van der Waals surface area contributed by atoms with Crippen LogP contribution in [0, 0.1) is 5.92 Å². The molecule has 1 aromatic rings. The Hall–Kier alpha value is -1.06. The number of aliphatic hydroxyl groups excluding tert-OH is 2. The van der Waals surface area contributed by atoms with E-state index in [-0.39, 0.29) is 0 Å². The number of halogens is 1. The Balaban J connectivity index is 1.44. The van der Waals surface area contributed by atoms with Crippen molar-refractivity contribution in [2.24, 2.45) is 10.9 Å². The van der Waals surface area contributed by atoms with Crippen LogP contribution >= 0.6 is 11.6 Å². The van der Waals surface area contributed by atoms with E-state index in [0.29, 0.717) is 34.7 Å². The van der Waals surface area contributed by atoms with Crippen molar-refractivity contribution in [3.63, 3.8) is 0 Å². The summed E-state index contributed by atoms with van der Waals surface area (Å²) in [4.78, 5) is 4.74. The van der Waals surface area contributed by atoms with Gasteiger partial charge in [0.25, 0.3) is 0 Å². The topological polar surface area (TPSA) is 83.3 Å². The number of likely N-dealkylation sites (N-methyl/N-ethyl adjacent to an activating group) is 1. The van der Waals surface area contributed by atoms with E-state index in [9.17, 15) is 10.2 Å². The van der Waals surface area contributed by atoms with Gasteiger partial charge in [0.1, 0.15) is 18.3 Å². The minimum Gasteiger partial charge on any atom is -0.387 e. The fraction of sp³-hybridized carbons (Fsp3) is 0.667. The van der Waals surface area contributed by atoms with E-state index in [1.165, 1.54) is 0 Å². The summed E-state index contributed by atoms with van der Waals surface area (Å²) in [7, 11) is 2.06.